The number of aromatic nitrogens is 3. The Morgan fingerprint density at radius 1 is 0.943 bits per heavy atom. The molecule has 4 rings (SSSR count). The van der Waals surface area contributed by atoms with Gasteiger partial charge in [0.15, 0.2) is 6.61 Å². The number of Topliss-reactive ketones (excluding diaryl/α,β-unsaturated/α-hetero) is 1. The molecule has 0 aliphatic carbocycles. The van der Waals surface area contributed by atoms with E-state index in [1.165, 1.54) is 23.1 Å². The summed E-state index contributed by atoms with van der Waals surface area (Å²) in [7, 11) is 0. The molecule has 0 radical (unpaired) electrons. The first-order chi connectivity index (χ1) is 16.9. The van der Waals surface area contributed by atoms with Gasteiger partial charge in [-0.05, 0) is 56.3 Å². The molecule has 0 bridgehead atoms. The third-order valence-electron chi connectivity index (χ3n) is 5.16. The van der Waals surface area contributed by atoms with Crippen LogP contribution in [0.3, 0.4) is 0 Å². The van der Waals surface area contributed by atoms with Crippen LogP contribution in [-0.2, 0) is 4.74 Å². The van der Waals surface area contributed by atoms with Crippen molar-refractivity contribution in [1.29, 1.82) is 0 Å². The predicted octanol–water partition coefficient (Wildman–Crippen LogP) is 4.11. The first kappa shape index (κ1) is 23.4. The molecule has 0 aliphatic heterocycles. The van der Waals surface area contributed by atoms with Gasteiger partial charge >= 0.3 is 5.97 Å². The maximum atomic E-state index is 12.8. The highest BCUT2D eigenvalue weighted by molar-refractivity contribution is 6.02. The molecule has 0 atom stereocenters. The van der Waals surface area contributed by atoms with E-state index in [-0.39, 0.29) is 17.4 Å². The number of ketones is 1. The lowest BCUT2D eigenvalue weighted by Crippen LogP contribution is -2.25. The summed E-state index contributed by atoms with van der Waals surface area (Å²) in [6, 6.07) is 16.8. The first-order valence-electron chi connectivity index (χ1n) is 10.7. The number of rotatable bonds is 8. The van der Waals surface area contributed by atoms with Crippen molar-refractivity contribution in [2.45, 2.75) is 13.8 Å². The molecule has 3 aromatic heterocycles. The van der Waals surface area contributed by atoms with Crippen LogP contribution in [0.2, 0.25) is 0 Å². The summed E-state index contributed by atoms with van der Waals surface area (Å²) in [4.78, 5) is 46.1. The zero-order chi connectivity index (χ0) is 24.8. The second kappa shape index (κ2) is 10.4. The molecular weight excluding hydrogens is 448 g/mol. The van der Waals surface area contributed by atoms with Crippen molar-refractivity contribution in [2.24, 2.45) is 0 Å². The molecule has 1 aromatic carbocycles. The van der Waals surface area contributed by atoms with Crippen molar-refractivity contribution in [2.75, 3.05) is 12.0 Å². The third kappa shape index (κ3) is 5.41. The van der Waals surface area contributed by atoms with E-state index in [1.807, 2.05) is 6.07 Å². The fraction of sp³-hybridized carbons (Fsp3) is 0.115. The Morgan fingerprint density at radius 3 is 2.46 bits per heavy atom. The van der Waals surface area contributed by atoms with E-state index in [1.54, 1.807) is 68.6 Å². The summed E-state index contributed by atoms with van der Waals surface area (Å²) < 4.78 is 12.4. The Kier molecular flexibility index (Phi) is 6.96. The molecule has 0 saturated heterocycles. The zero-order valence-corrected chi connectivity index (χ0v) is 19.1. The molecule has 3 heterocycles. The molecular formula is C26H22N4O5. The molecule has 9 nitrogen and oxygen atoms in total. The molecule has 0 aliphatic rings. The summed E-state index contributed by atoms with van der Waals surface area (Å²) >= 11 is 0. The van der Waals surface area contributed by atoms with E-state index < -0.39 is 18.4 Å². The van der Waals surface area contributed by atoms with Gasteiger partial charge in [-0.2, -0.15) is 0 Å². The van der Waals surface area contributed by atoms with Gasteiger partial charge in [0.2, 0.25) is 11.7 Å². The van der Waals surface area contributed by atoms with E-state index in [4.69, 9.17) is 9.47 Å². The van der Waals surface area contributed by atoms with Crippen molar-refractivity contribution in [3.05, 3.63) is 107 Å². The maximum Gasteiger partial charge on any atom is 0.344 e. The monoisotopic (exact) mass is 470 g/mol. The number of aryl methyl sites for hydroxylation is 1. The van der Waals surface area contributed by atoms with Crippen molar-refractivity contribution < 1.29 is 23.9 Å². The van der Waals surface area contributed by atoms with Crippen LogP contribution in [0.1, 0.15) is 42.5 Å². The lowest BCUT2D eigenvalue weighted by molar-refractivity contribution is 0.0471. The largest absolute Gasteiger partial charge is 0.454 e. The summed E-state index contributed by atoms with van der Waals surface area (Å²) in [5, 5.41) is 0. The topological polar surface area (TPSA) is 112 Å². The summed E-state index contributed by atoms with van der Waals surface area (Å²) in [5.74, 6) is -1.03. The summed E-state index contributed by atoms with van der Waals surface area (Å²) in [6.07, 6.45) is 4.56. The van der Waals surface area contributed by atoms with Gasteiger partial charge in [-0.15, -0.1) is 0 Å². The molecule has 4 aromatic rings. The number of benzene rings is 1. The minimum Gasteiger partial charge on any atom is -0.454 e. The van der Waals surface area contributed by atoms with E-state index in [9.17, 15) is 14.4 Å². The number of nitrogens with one attached hydrogen (secondary N) is 1. The standard InChI is InChI=1S/C26H22N4O5/c1-17-14-22(18(2)30(17)29-24(32)19-8-4-3-5-9-19)23(31)16-34-26(33)21-11-7-13-28-25(21)35-20-10-6-12-27-15-20/h3-15H,16H2,1-2H3,(H,29,32). The van der Waals surface area contributed by atoms with Crippen molar-refractivity contribution >= 4 is 17.7 Å². The number of carbonyl (C=O) groups is 3. The quantitative estimate of drug-likeness (QED) is 0.305. The van der Waals surface area contributed by atoms with Crippen LogP contribution in [0.25, 0.3) is 0 Å². The SMILES string of the molecule is Cc1cc(C(=O)COC(=O)c2cccnc2Oc2cccnc2)c(C)n1NC(=O)c1ccccc1. The molecule has 0 fully saturated rings. The molecule has 0 unspecified atom stereocenters. The minimum atomic E-state index is -0.753. The molecule has 1 N–H and O–H groups in total. The average Bonchev–Trinajstić information content (AvgIpc) is 3.17. The van der Waals surface area contributed by atoms with Crippen LogP contribution in [-0.4, -0.2) is 38.9 Å². The summed E-state index contributed by atoms with van der Waals surface area (Å²) in [5.41, 5.74) is 4.85. The van der Waals surface area contributed by atoms with Crippen LogP contribution in [0, 0.1) is 13.8 Å². The zero-order valence-electron chi connectivity index (χ0n) is 19.1. The molecule has 0 spiro atoms. The number of ether oxygens (including phenoxy) is 2. The van der Waals surface area contributed by atoms with Crippen molar-refractivity contribution in [3.8, 4) is 11.6 Å². The molecule has 176 valence electrons. The van der Waals surface area contributed by atoms with E-state index in [0.717, 1.165) is 0 Å². The number of pyridine rings is 2. The predicted molar refractivity (Wildman–Crippen MR) is 127 cm³/mol. The molecule has 0 saturated carbocycles. The van der Waals surface area contributed by atoms with Crippen molar-refractivity contribution in [1.82, 2.24) is 14.6 Å². The normalized spacial score (nSPS) is 10.5. The molecule has 1 amide bonds. The van der Waals surface area contributed by atoms with Crippen molar-refractivity contribution in [3.63, 3.8) is 0 Å². The van der Waals surface area contributed by atoms with Gasteiger partial charge in [0.05, 0.1) is 6.20 Å². The van der Waals surface area contributed by atoms with Crippen LogP contribution in [0.15, 0.2) is 79.3 Å². The van der Waals surface area contributed by atoms with Crippen LogP contribution >= 0.6 is 0 Å². The van der Waals surface area contributed by atoms with Crippen LogP contribution in [0.4, 0.5) is 0 Å². The third-order valence-corrected chi connectivity index (χ3v) is 5.16. The van der Waals surface area contributed by atoms with E-state index in [2.05, 4.69) is 15.4 Å². The number of nitrogens with zero attached hydrogens (tertiary/aromatic N) is 3. The highest BCUT2D eigenvalue weighted by Crippen LogP contribution is 2.23. The first-order valence-corrected chi connectivity index (χ1v) is 10.7. The Morgan fingerprint density at radius 2 is 1.71 bits per heavy atom. The highest BCUT2D eigenvalue weighted by atomic mass is 16.5. The Balaban J connectivity index is 1.44. The Labute approximate surface area is 201 Å². The highest BCUT2D eigenvalue weighted by Gasteiger charge is 2.21. The van der Waals surface area contributed by atoms with Gasteiger partial charge < -0.3 is 9.47 Å². The van der Waals surface area contributed by atoms with E-state index >= 15 is 0 Å². The lowest BCUT2D eigenvalue weighted by Gasteiger charge is -2.12. The number of carbonyl (C=O) groups excluding carboxylic acids is 3. The van der Waals surface area contributed by atoms with Gasteiger partial charge in [0.1, 0.15) is 11.3 Å². The Hall–Kier alpha value is -4.79. The molecule has 35 heavy (non-hydrogen) atoms. The van der Waals surface area contributed by atoms with Gasteiger partial charge in [0.25, 0.3) is 5.91 Å². The number of hydrogen-bond acceptors (Lipinski definition) is 7. The average molecular weight is 470 g/mol. The van der Waals surface area contributed by atoms with Gasteiger partial charge in [0, 0.05) is 34.9 Å². The molecule has 9 heteroatoms. The number of hydrogen-bond donors (Lipinski definition) is 1. The number of esters is 1. The van der Waals surface area contributed by atoms with Crippen LogP contribution < -0.4 is 10.2 Å². The smallest absolute Gasteiger partial charge is 0.344 e. The second-order valence-electron chi connectivity index (χ2n) is 7.57. The minimum absolute atomic E-state index is 0.0414. The Bertz CT molecular complexity index is 1370. The van der Waals surface area contributed by atoms with Gasteiger partial charge in [-0.1, -0.05) is 18.2 Å². The fourth-order valence-corrected chi connectivity index (χ4v) is 3.41. The summed E-state index contributed by atoms with van der Waals surface area (Å²) in [6.45, 7) is 2.98. The van der Waals surface area contributed by atoms with Gasteiger partial charge in [-0.3, -0.25) is 24.7 Å². The number of amides is 1. The van der Waals surface area contributed by atoms with E-state index in [0.29, 0.717) is 28.3 Å². The van der Waals surface area contributed by atoms with Crippen LogP contribution in [0.5, 0.6) is 11.6 Å². The fourth-order valence-electron chi connectivity index (χ4n) is 3.41. The lowest BCUT2D eigenvalue weighted by atomic mass is 10.1. The van der Waals surface area contributed by atoms with Gasteiger partial charge in [-0.25, -0.2) is 9.78 Å². The maximum absolute atomic E-state index is 12.8. The second-order valence-corrected chi connectivity index (χ2v) is 7.57.